The van der Waals surface area contributed by atoms with E-state index in [2.05, 4.69) is 55.9 Å². The maximum Gasteiger partial charge on any atom is 0.0157 e. The van der Waals surface area contributed by atoms with Crippen LogP contribution in [0.4, 0.5) is 0 Å². The van der Waals surface area contributed by atoms with Crippen LogP contribution in [0.2, 0.25) is 0 Å². The minimum absolute atomic E-state index is 0.717. The summed E-state index contributed by atoms with van der Waals surface area (Å²) in [6.45, 7) is 4.57. The zero-order chi connectivity index (χ0) is 10.9. The number of thioether (sulfide) groups is 2. The molecule has 0 nitrogen and oxygen atoms in total. The van der Waals surface area contributed by atoms with Crippen molar-refractivity contribution in [2.75, 3.05) is 11.5 Å². The van der Waals surface area contributed by atoms with E-state index in [0.29, 0.717) is 5.25 Å². The molecule has 1 aromatic rings. The zero-order valence-electron chi connectivity index (χ0n) is 9.61. The van der Waals surface area contributed by atoms with Gasteiger partial charge >= 0.3 is 0 Å². The van der Waals surface area contributed by atoms with E-state index >= 15 is 0 Å². The molecule has 0 saturated heterocycles. The second-order valence-electron chi connectivity index (χ2n) is 3.67. The lowest BCUT2D eigenvalue weighted by molar-refractivity contribution is 0.895. The number of benzene rings is 1. The lowest BCUT2D eigenvalue weighted by atomic mass is 10.4. The fraction of sp³-hybridized carbons (Fsp3) is 0.538. The quantitative estimate of drug-likeness (QED) is 0.500. The van der Waals surface area contributed by atoms with Gasteiger partial charge in [-0.1, -0.05) is 38.5 Å². The van der Waals surface area contributed by atoms with Gasteiger partial charge in [-0.15, -0.1) is 11.8 Å². The van der Waals surface area contributed by atoms with Gasteiger partial charge in [0.25, 0.3) is 0 Å². The average Bonchev–Trinajstić information content (AvgIpc) is 2.26. The van der Waals surface area contributed by atoms with Crippen LogP contribution in [0.3, 0.4) is 0 Å². The Bertz CT molecular complexity index is 246. The van der Waals surface area contributed by atoms with Gasteiger partial charge in [-0.3, -0.25) is 0 Å². The van der Waals surface area contributed by atoms with Gasteiger partial charge in [0, 0.05) is 15.9 Å². The molecule has 0 saturated carbocycles. The molecule has 0 N–H and O–H groups in total. The fourth-order valence-corrected chi connectivity index (χ4v) is 3.59. The van der Waals surface area contributed by atoms with Crippen LogP contribution < -0.4 is 0 Å². The molecule has 1 rings (SSSR count). The molecule has 0 aliphatic carbocycles. The van der Waals surface area contributed by atoms with Crippen LogP contribution in [0.5, 0.6) is 0 Å². The molecule has 0 amide bonds. The zero-order valence-corrected chi connectivity index (χ0v) is 11.2. The van der Waals surface area contributed by atoms with Crippen molar-refractivity contribution in [3.8, 4) is 0 Å². The highest BCUT2D eigenvalue weighted by molar-refractivity contribution is 8.03. The molecule has 1 aromatic carbocycles. The lowest BCUT2D eigenvalue weighted by Gasteiger charge is -2.10. The smallest absolute Gasteiger partial charge is 0.0157 e. The Kier molecular flexibility index (Phi) is 7.03. The lowest BCUT2D eigenvalue weighted by Crippen LogP contribution is -2.00. The first-order valence-electron chi connectivity index (χ1n) is 5.62. The van der Waals surface area contributed by atoms with Gasteiger partial charge < -0.3 is 0 Å². The van der Waals surface area contributed by atoms with Crippen LogP contribution in [0.15, 0.2) is 35.2 Å². The largest absolute Gasteiger partial charge is 0.161 e. The first-order chi connectivity index (χ1) is 7.33. The highest BCUT2D eigenvalue weighted by Gasteiger charge is 2.03. The summed E-state index contributed by atoms with van der Waals surface area (Å²) in [6, 6.07) is 10.7. The Labute approximate surface area is 102 Å². The standard InChI is InChI=1S/C13H20S2/c1-3-4-10-14-11-12(2)15-13-8-6-5-7-9-13/h5-9,12H,3-4,10-11H2,1-2H3. The molecule has 84 valence electrons. The number of hydrogen-bond acceptors (Lipinski definition) is 2. The first kappa shape index (κ1) is 13.0. The molecule has 0 spiro atoms. The number of unbranched alkanes of at least 4 members (excludes halogenated alkanes) is 1. The van der Waals surface area contributed by atoms with Crippen molar-refractivity contribution in [3.63, 3.8) is 0 Å². The van der Waals surface area contributed by atoms with Gasteiger partial charge in [-0.2, -0.15) is 11.8 Å². The summed E-state index contributed by atoms with van der Waals surface area (Å²) in [6.07, 6.45) is 2.67. The summed E-state index contributed by atoms with van der Waals surface area (Å²) >= 11 is 4.07. The Balaban J connectivity index is 2.16. The van der Waals surface area contributed by atoms with E-state index in [4.69, 9.17) is 0 Å². The predicted molar refractivity (Wildman–Crippen MR) is 74.0 cm³/mol. The van der Waals surface area contributed by atoms with E-state index in [-0.39, 0.29) is 0 Å². The van der Waals surface area contributed by atoms with Crippen molar-refractivity contribution in [1.29, 1.82) is 0 Å². The van der Waals surface area contributed by atoms with Crippen molar-refractivity contribution in [3.05, 3.63) is 30.3 Å². The van der Waals surface area contributed by atoms with Gasteiger partial charge in [-0.25, -0.2) is 0 Å². The Morgan fingerprint density at radius 3 is 2.60 bits per heavy atom. The SMILES string of the molecule is CCCCSCC(C)Sc1ccccc1. The summed E-state index contributed by atoms with van der Waals surface area (Å²) in [4.78, 5) is 1.39. The van der Waals surface area contributed by atoms with Gasteiger partial charge in [0.2, 0.25) is 0 Å². The second kappa shape index (κ2) is 8.12. The van der Waals surface area contributed by atoms with Crippen LogP contribution in [0.25, 0.3) is 0 Å². The molecule has 15 heavy (non-hydrogen) atoms. The topological polar surface area (TPSA) is 0 Å². The van der Waals surface area contributed by atoms with Crippen molar-refractivity contribution in [2.45, 2.75) is 36.8 Å². The molecular weight excluding hydrogens is 220 g/mol. The normalized spacial score (nSPS) is 12.7. The van der Waals surface area contributed by atoms with Gasteiger partial charge in [-0.05, 0) is 24.3 Å². The second-order valence-corrected chi connectivity index (χ2v) is 6.33. The molecule has 2 heteroatoms. The van der Waals surface area contributed by atoms with E-state index in [1.807, 2.05) is 11.8 Å². The third-order valence-electron chi connectivity index (χ3n) is 2.08. The van der Waals surface area contributed by atoms with Crippen LogP contribution in [0, 0.1) is 0 Å². The molecule has 0 bridgehead atoms. The Morgan fingerprint density at radius 2 is 1.93 bits per heavy atom. The summed E-state index contributed by atoms with van der Waals surface area (Å²) < 4.78 is 0. The number of hydrogen-bond donors (Lipinski definition) is 0. The fourth-order valence-electron chi connectivity index (χ4n) is 1.26. The summed E-state index contributed by atoms with van der Waals surface area (Å²) in [5.74, 6) is 2.58. The molecular formula is C13H20S2. The average molecular weight is 240 g/mol. The van der Waals surface area contributed by atoms with E-state index in [1.54, 1.807) is 0 Å². The molecule has 1 unspecified atom stereocenters. The summed E-state index contributed by atoms with van der Waals surface area (Å²) in [7, 11) is 0. The van der Waals surface area contributed by atoms with Gasteiger partial charge in [0.15, 0.2) is 0 Å². The molecule has 0 heterocycles. The van der Waals surface area contributed by atoms with Crippen molar-refractivity contribution < 1.29 is 0 Å². The van der Waals surface area contributed by atoms with Crippen molar-refractivity contribution in [1.82, 2.24) is 0 Å². The highest BCUT2D eigenvalue weighted by atomic mass is 32.2. The van der Waals surface area contributed by atoms with Crippen LogP contribution in [-0.4, -0.2) is 16.8 Å². The number of rotatable bonds is 7. The predicted octanol–water partition coefficient (Wildman–Crippen LogP) is 4.70. The minimum Gasteiger partial charge on any atom is -0.161 e. The van der Waals surface area contributed by atoms with E-state index in [0.717, 1.165) is 0 Å². The van der Waals surface area contributed by atoms with Crippen molar-refractivity contribution in [2.24, 2.45) is 0 Å². The first-order valence-corrected chi connectivity index (χ1v) is 7.65. The molecule has 0 fully saturated rings. The maximum atomic E-state index is 2.32. The third kappa shape index (κ3) is 6.16. The maximum absolute atomic E-state index is 2.32. The Morgan fingerprint density at radius 1 is 1.20 bits per heavy atom. The van der Waals surface area contributed by atoms with Gasteiger partial charge in [0.05, 0.1) is 0 Å². The van der Waals surface area contributed by atoms with E-state index < -0.39 is 0 Å². The third-order valence-corrected chi connectivity index (χ3v) is 4.71. The van der Waals surface area contributed by atoms with Crippen LogP contribution in [-0.2, 0) is 0 Å². The molecule has 0 aliphatic rings. The summed E-state index contributed by atoms with van der Waals surface area (Å²) in [5, 5.41) is 0.717. The molecule has 0 aromatic heterocycles. The molecule has 1 atom stereocenters. The monoisotopic (exact) mass is 240 g/mol. The van der Waals surface area contributed by atoms with Gasteiger partial charge in [0.1, 0.15) is 0 Å². The van der Waals surface area contributed by atoms with Crippen LogP contribution in [0.1, 0.15) is 26.7 Å². The minimum atomic E-state index is 0.717. The van der Waals surface area contributed by atoms with Crippen molar-refractivity contribution >= 4 is 23.5 Å². The summed E-state index contributed by atoms with van der Waals surface area (Å²) in [5.41, 5.74) is 0. The van der Waals surface area contributed by atoms with E-state index in [1.165, 1.54) is 29.2 Å². The molecule has 0 aliphatic heterocycles. The molecule has 0 radical (unpaired) electrons. The highest BCUT2D eigenvalue weighted by Crippen LogP contribution is 2.25. The van der Waals surface area contributed by atoms with E-state index in [9.17, 15) is 0 Å². The Hall–Kier alpha value is -0.0800. The van der Waals surface area contributed by atoms with Crippen LogP contribution >= 0.6 is 23.5 Å².